The Balaban J connectivity index is 0.000000400. The fourth-order valence-corrected chi connectivity index (χ4v) is 3.05. The van der Waals surface area contributed by atoms with E-state index in [0.29, 0.717) is 0 Å². The number of allylic oxidation sites excluding steroid dienone is 8. The van der Waals surface area contributed by atoms with Gasteiger partial charge in [-0.3, -0.25) is 0 Å². The van der Waals surface area contributed by atoms with Crippen molar-refractivity contribution in [1.82, 2.24) is 0 Å². The fraction of sp³-hybridized carbons (Fsp3) is 0.0909. The van der Waals surface area contributed by atoms with Crippen molar-refractivity contribution in [2.75, 3.05) is 0 Å². The van der Waals surface area contributed by atoms with Gasteiger partial charge in [-0.2, -0.15) is 0 Å². The molecule has 0 unspecified atom stereocenters. The maximum Gasteiger partial charge on any atom is 0 e. The molecule has 0 aliphatic heterocycles. The van der Waals surface area contributed by atoms with Crippen molar-refractivity contribution >= 4 is 38.2 Å². The van der Waals surface area contributed by atoms with Crippen molar-refractivity contribution in [2.24, 2.45) is 0 Å². The van der Waals surface area contributed by atoms with Gasteiger partial charge in [0.1, 0.15) is 0 Å². The summed E-state index contributed by atoms with van der Waals surface area (Å²) >= 11 is -0.106. The number of halogens is 2. The Bertz CT molecular complexity index is 606. The molecule has 0 fully saturated rings. The summed E-state index contributed by atoms with van der Waals surface area (Å²) < 4.78 is 0. The van der Waals surface area contributed by atoms with Crippen LogP contribution in [0.15, 0.2) is 109 Å². The maximum atomic E-state index is 4.81. The second-order valence-electron chi connectivity index (χ2n) is 5.09. The third-order valence-corrected chi connectivity index (χ3v) is 4.39. The zero-order valence-corrected chi connectivity index (χ0v) is 19.9. The Morgan fingerprint density at radius 2 is 0.889 bits per heavy atom. The van der Waals surface area contributed by atoms with Gasteiger partial charge in [0.2, 0.25) is 0 Å². The summed E-state index contributed by atoms with van der Waals surface area (Å²) in [5.41, 5.74) is 0. The summed E-state index contributed by atoms with van der Waals surface area (Å²) in [5.74, 6) is 0. The molecular formula is C22H23Cl2FePPd. The van der Waals surface area contributed by atoms with Crippen LogP contribution in [-0.2, 0) is 33.0 Å². The van der Waals surface area contributed by atoms with Gasteiger partial charge in [0.05, 0.1) is 0 Å². The summed E-state index contributed by atoms with van der Waals surface area (Å²) in [6.07, 6.45) is 19.0. The number of rotatable bonds is 2. The van der Waals surface area contributed by atoms with E-state index in [9.17, 15) is 0 Å². The van der Waals surface area contributed by atoms with E-state index < -0.39 is 0 Å². The van der Waals surface area contributed by atoms with Gasteiger partial charge in [0.15, 0.2) is 0 Å². The van der Waals surface area contributed by atoms with Crippen molar-refractivity contribution in [2.45, 2.75) is 12.8 Å². The topological polar surface area (TPSA) is 0 Å². The fourth-order valence-electron chi connectivity index (χ4n) is 2.00. The molecule has 148 valence electrons. The molecule has 0 saturated heterocycles. The molecule has 2 aliphatic carbocycles. The molecule has 0 atom stereocenters. The van der Waals surface area contributed by atoms with Crippen LogP contribution >= 0.6 is 27.6 Å². The summed E-state index contributed by atoms with van der Waals surface area (Å²) in [7, 11) is 10.4. The second kappa shape index (κ2) is 20.3. The third kappa shape index (κ3) is 16.3. The Morgan fingerprint density at radius 3 is 1.11 bits per heavy atom. The van der Waals surface area contributed by atoms with Crippen LogP contribution in [0, 0.1) is 0 Å². The van der Waals surface area contributed by atoms with Gasteiger partial charge in [-0.1, -0.05) is 118 Å². The minimum atomic E-state index is -0.106. The normalized spacial score (nSPS) is 12.1. The van der Waals surface area contributed by atoms with E-state index in [0.717, 1.165) is 21.4 Å². The molecule has 5 heteroatoms. The summed E-state index contributed by atoms with van der Waals surface area (Å²) in [6.45, 7) is 0. The molecule has 0 nitrogen and oxygen atoms in total. The zero-order chi connectivity index (χ0) is 18.7. The summed E-state index contributed by atoms with van der Waals surface area (Å²) in [4.78, 5) is 0. The Labute approximate surface area is 192 Å². The predicted molar refractivity (Wildman–Crippen MR) is 118 cm³/mol. The Morgan fingerprint density at radius 1 is 0.593 bits per heavy atom. The van der Waals surface area contributed by atoms with E-state index in [4.69, 9.17) is 19.1 Å². The number of hydrogen-bond donors (Lipinski definition) is 0. The summed E-state index contributed by atoms with van der Waals surface area (Å²) in [5, 5.41) is 2.79. The molecule has 0 saturated carbocycles. The van der Waals surface area contributed by atoms with Crippen molar-refractivity contribution in [3.63, 3.8) is 0 Å². The minimum Gasteiger partial charge on any atom is -0.0622 e. The molecule has 0 amide bonds. The van der Waals surface area contributed by atoms with Gasteiger partial charge in [-0.05, 0) is 23.5 Å². The zero-order valence-electron chi connectivity index (χ0n) is 14.7. The first-order valence-corrected chi connectivity index (χ1v) is 13.2. The molecule has 0 spiro atoms. The monoisotopic (exact) mass is 550 g/mol. The van der Waals surface area contributed by atoms with Crippen LogP contribution in [0.5, 0.6) is 0 Å². The van der Waals surface area contributed by atoms with E-state index in [1.54, 1.807) is 0 Å². The van der Waals surface area contributed by atoms with Gasteiger partial charge in [0.25, 0.3) is 0 Å². The maximum absolute atomic E-state index is 4.81. The molecule has 0 N–H and O–H groups in total. The first-order chi connectivity index (χ1) is 12.9. The van der Waals surface area contributed by atoms with Crippen LogP contribution in [0.4, 0.5) is 0 Å². The van der Waals surface area contributed by atoms with E-state index in [2.05, 4.69) is 109 Å². The minimum absolute atomic E-state index is 0. The van der Waals surface area contributed by atoms with E-state index in [1.807, 2.05) is 0 Å². The molecule has 0 heterocycles. The largest absolute Gasteiger partial charge is 0.0622 e. The van der Waals surface area contributed by atoms with Gasteiger partial charge in [0, 0.05) is 17.1 Å². The second-order valence-corrected chi connectivity index (χ2v) is 8.85. The average Bonchev–Trinajstić information content (AvgIpc) is 3.43. The van der Waals surface area contributed by atoms with Gasteiger partial charge in [-0.15, -0.1) is 0 Å². The Hall–Kier alpha value is -0.408. The van der Waals surface area contributed by atoms with E-state index in [-0.39, 0.29) is 33.0 Å². The molecule has 0 aromatic heterocycles. The third-order valence-electron chi connectivity index (χ3n) is 3.15. The van der Waals surface area contributed by atoms with Gasteiger partial charge < -0.3 is 0 Å². The van der Waals surface area contributed by atoms with Crippen LogP contribution in [-0.4, -0.2) is 0 Å². The molecule has 4 rings (SSSR count). The molecule has 0 bridgehead atoms. The van der Waals surface area contributed by atoms with Crippen LogP contribution < -0.4 is 10.6 Å². The summed E-state index contributed by atoms with van der Waals surface area (Å²) in [6, 6.07) is 21.2. The predicted octanol–water partition coefficient (Wildman–Crippen LogP) is 6.69. The molecule has 2 aromatic rings. The van der Waals surface area contributed by atoms with E-state index in [1.165, 1.54) is 10.6 Å². The standard InChI is InChI=1S/C12H11P.2C5H6.2ClH.Fe.Pd/c1-3-7-11(8-4-1)13-12-9-5-2-6-10-12;2*1-2-4-5-3-1;;;;/h1-10,13H;2*1-4H,5H2;2*1H;;/q;;;;;;+2/p-2. The van der Waals surface area contributed by atoms with Crippen LogP contribution in [0.2, 0.25) is 0 Å². The van der Waals surface area contributed by atoms with Crippen LogP contribution in [0.25, 0.3) is 0 Å². The van der Waals surface area contributed by atoms with Crippen molar-refractivity contribution in [3.8, 4) is 0 Å². The first kappa shape index (κ1) is 26.6. The molecule has 0 radical (unpaired) electrons. The van der Waals surface area contributed by atoms with Gasteiger partial charge >= 0.3 is 35.0 Å². The Kier molecular flexibility index (Phi) is 20.0. The molecule has 27 heavy (non-hydrogen) atoms. The smallest absolute Gasteiger partial charge is 0 e. The van der Waals surface area contributed by atoms with Gasteiger partial charge in [-0.25, -0.2) is 0 Å². The molecule has 2 aliphatic rings. The van der Waals surface area contributed by atoms with Crippen molar-refractivity contribution in [1.29, 1.82) is 0 Å². The van der Waals surface area contributed by atoms with Crippen molar-refractivity contribution < 1.29 is 33.0 Å². The number of benzene rings is 2. The van der Waals surface area contributed by atoms with Crippen molar-refractivity contribution in [3.05, 3.63) is 109 Å². The average molecular weight is 552 g/mol. The number of hydrogen-bond acceptors (Lipinski definition) is 0. The SMILES string of the molecule is C1=CCC=C1.C1=CCC=C1.[Cl][Pd][Cl].[Fe].c1ccc(Pc2ccccc2)cc1. The van der Waals surface area contributed by atoms with Crippen LogP contribution in [0.1, 0.15) is 12.8 Å². The first-order valence-electron chi connectivity index (χ1n) is 8.19. The molecule has 2 aromatic carbocycles. The van der Waals surface area contributed by atoms with E-state index >= 15 is 0 Å². The van der Waals surface area contributed by atoms with Crippen LogP contribution in [0.3, 0.4) is 0 Å². The quantitative estimate of drug-likeness (QED) is 0.288. The molecular weight excluding hydrogens is 528 g/mol.